The zero-order valence-corrected chi connectivity index (χ0v) is 16.9. The summed E-state index contributed by atoms with van der Waals surface area (Å²) in [7, 11) is 2.14. The number of anilines is 1. The number of morpholine rings is 1. The number of hydrogen-bond donors (Lipinski definition) is 1. The van der Waals surface area contributed by atoms with Crippen molar-refractivity contribution in [1.29, 1.82) is 0 Å². The third-order valence-corrected chi connectivity index (χ3v) is 5.87. The van der Waals surface area contributed by atoms with Gasteiger partial charge in [0.15, 0.2) is 0 Å². The maximum Gasteiger partial charge on any atom is 0.251 e. The molecule has 1 saturated heterocycles. The number of ether oxygens (including phenoxy) is 1. The van der Waals surface area contributed by atoms with E-state index in [-0.39, 0.29) is 11.9 Å². The predicted octanol–water partition coefficient (Wildman–Crippen LogP) is 3.01. The second kappa shape index (κ2) is 8.93. The van der Waals surface area contributed by atoms with Crippen molar-refractivity contribution >= 4 is 11.6 Å². The van der Waals surface area contributed by atoms with Crippen LogP contribution in [0.2, 0.25) is 0 Å². The highest BCUT2D eigenvalue weighted by atomic mass is 19.1. The van der Waals surface area contributed by atoms with Crippen LogP contribution in [0.15, 0.2) is 42.5 Å². The van der Waals surface area contributed by atoms with Crippen LogP contribution in [0.5, 0.6) is 0 Å². The SMILES string of the molecule is CN1CCCc2cc([C@H](CNC(=O)c3cccc(F)c3)N3CCOCC3)ccc21. The highest BCUT2D eigenvalue weighted by molar-refractivity contribution is 5.94. The van der Waals surface area contributed by atoms with E-state index in [2.05, 4.69) is 40.4 Å². The molecule has 154 valence electrons. The van der Waals surface area contributed by atoms with Crippen molar-refractivity contribution in [1.82, 2.24) is 10.2 Å². The fourth-order valence-electron chi connectivity index (χ4n) is 4.28. The molecule has 1 fully saturated rings. The average Bonchev–Trinajstić information content (AvgIpc) is 2.74. The second-order valence-electron chi connectivity index (χ2n) is 7.80. The fraction of sp³-hybridized carbons (Fsp3) is 0.435. The molecule has 2 aliphatic rings. The Morgan fingerprint density at radius 2 is 2.00 bits per heavy atom. The van der Waals surface area contributed by atoms with Crippen molar-refractivity contribution in [2.45, 2.75) is 18.9 Å². The third kappa shape index (κ3) is 4.60. The molecule has 0 aromatic heterocycles. The number of hydrogen-bond acceptors (Lipinski definition) is 4. The Morgan fingerprint density at radius 3 is 2.79 bits per heavy atom. The van der Waals surface area contributed by atoms with Crippen LogP contribution in [-0.2, 0) is 11.2 Å². The monoisotopic (exact) mass is 397 g/mol. The van der Waals surface area contributed by atoms with E-state index in [0.717, 1.165) is 32.5 Å². The van der Waals surface area contributed by atoms with Gasteiger partial charge in [-0.25, -0.2) is 4.39 Å². The van der Waals surface area contributed by atoms with Gasteiger partial charge in [0.2, 0.25) is 0 Å². The number of halogens is 1. The van der Waals surface area contributed by atoms with Crippen LogP contribution in [0, 0.1) is 5.82 Å². The maximum atomic E-state index is 13.5. The molecule has 2 heterocycles. The minimum atomic E-state index is -0.402. The van der Waals surface area contributed by atoms with Crippen molar-refractivity contribution in [3.63, 3.8) is 0 Å². The number of rotatable bonds is 5. The molecule has 1 N–H and O–H groups in total. The molecular formula is C23H28FN3O2. The van der Waals surface area contributed by atoms with E-state index in [0.29, 0.717) is 25.3 Å². The Balaban J connectivity index is 1.54. The van der Waals surface area contributed by atoms with Gasteiger partial charge in [-0.05, 0) is 48.2 Å². The van der Waals surface area contributed by atoms with Crippen molar-refractivity contribution in [2.75, 3.05) is 51.3 Å². The van der Waals surface area contributed by atoms with E-state index in [1.807, 2.05) is 0 Å². The average molecular weight is 397 g/mol. The summed E-state index contributed by atoms with van der Waals surface area (Å²) in [6, 6.07) is 12.5. The molecule has 0 bridgehead atoms. The van der Waals surface area contributed by atoms with Crippen molar-refractivity contribution in [3.05, 3.63) is 65.0 Å². The van der Waals surface area contributed by atoms with Gasteiger partial charge in [-0.15, -0.1) is 0 Å². The number of benzene rings is 2. The third-order valence-electron chi connectivity index (χ3n) is 5.87. The maximum absolute atomic E-state index is 13.5. The van der Waals surface area contributed by atoms with E-state index in [4.69, 9.17) is 4.74 Å². The molecule has 6 heteroatoms. The Labute approximate surface area is 171 Å². The van der Waals surface area contributed by atoms with E-state index < -0.39 is 5.82 Å². The number of carbonyl (C=O) groups is 1. The molecule has 0 spiro atoms. The summed E-state index contributed by atoms with van der Waals surface area (Å²) in [6.45, 7) is 4.62. The van der Waals surface area contributed by atoms with Crippen molar-refractivity contribution in [3.8, 4) is 0 Å². The molecule has 1 atom stereocenters. The quantitative estimate of drug-likeness (QED) is 0.843. The van der Waals surface area contributed by atoms with Gasteiger partial charge >= 0.3 is 0 Å². The lowest BCUT2D eigenvalue weighted by molar-refractivity contribution is 0.0162. The lowest BCUT2D eigenvalue weighted by atomic mass is 9.95. The van der Waals surface area contributed by atoms with E-state index in [9.17, 15) is 9.18 Å². The Kier molecular flexibility index (Phi) is 6.11. The molecule has 0 saturated carbocycles. The molecule has 5 nitrogen and oxygen atoms in total. The minimum Gasteiger partial charge on any atom is -0.379 e. The van der Waals surface area contributed by atoms with Gasteiger partial charge in [0.25, 0.3) is 5.91 Å². The lowest BCUT2D eigenvalue weighted by Gasteiger charge is -2.36. The lowest BCUT2D eigenvalue weighted by Crippen LogP contribution is -2.44. The summed E-state index contributed by atoms with van der Waals surface area (Å²) in [4.78, 5) is 17.2. The molecule has 0 radical (unpaired) electrons. The van der Waals surface area contributed by atoms with E-state index >= 15 is 0 Å². The van der Waals surface area contributed by atoms with Crippen LogP contribution in [0.3, 0.4) is 0 Å². The summed E-state index contributed by atoms with van der Waals surface area (Å²) in [6.07, 6.45) is 2.24. The molecule has 2 aromatic carbocycles. The first kappa shape index (κ1) is 19.9. The van der Waals surface area contributed by atoms with Gasteiger partial charge < -0.3 is 15.0 Å². The smallest absolute Gasteiger partial charge is 0.251 e. The van der Waals surface area contributed by atoms with Crippen LogP contribution in [-0.4, -0.2) is 57.2 Å². The molecule has 0 aliphatic carbocycles. The zero-order chi connectivity index (χ0) is 20.2. The fourth-order valence-corrected chi connectivity index (χ4v) is 4.28. The number of amides is 1. The first-order valence-corrected chi connectivity index (χ1v) is 10.3. The molecular weight excluding hydrogens is 369 g/mol. The van der Waals surface area contributed by atoms with Crippen LogP contribution < -0.4 is 10.2 Å². The van der Waals surface area contributed by atoms with Crippen LogP contribution in [0.1, 0.15) is 33.9 Å². The zero-order valence-electron chi connectivity index (χ0n) is 16.9. The van der Waals surface area contributed by atoms with Gasteiger partial charge in [-0.2, -0.15) is 0 Å². The Bertz CT molecular complexity index is 867. The number of nitrogens with one attached hydrogen (secondary N) is 1. The van der Waals surface area contributed by atoms with Crippen LogP contribution >= 0.6 is 0 Å². The summed E-state index contributed by atoms with van der Waals surface area (Å²) < 4.78 is 19.0. The van der Waals surface area contributed by atoms with Gasteiger partial charge in [0.05, 0.1) is 19.3 Å². The summed E-state index contributed by atoms with van der Waals surface area (Å²) >= 11 is 0. The summed E-state index contributed by atoms with van der Waals surface area (Å²) in [5, 5.41) is 3.01. The highest BCUT2D eigenvalue weighted by Gasteiger charge is 2.25. The Morgan fingerprint density at radius 1 is 1.17 bits per heavy atom. The highest BCUT2D eigenvalue weighted by Crippen LogP contribution is 2.31. The predicted molar refractivity (Wildman–Crippen MR) is 112 cm³/mol. The van der Waals surface area contributed by atoms with Crippen LogP contribution in [0.25, 0.3) is 0 Å². The molecule has 0 unspecified atom stereocenters. The van der Waals surface area contributed by atoms with Gasteiger partial charge in [0, 0.05) is 44.5 Å². The molecule has 1 amide bonds. The number of nitrogens with zero attached hydrogens (tertiary/aromatic N) is 2. The van der Waals surface area contributed by atoms with Gasteiger partial charge in [0.1, 0.15) is 5.82 Å². The topological polar surface area (TPSA) is 44.8 Å². The second-order valence-corrected chi connectivity index (χ2v) is 7.80. The first-order chi connectivity index (χ1) is 14.1. The van der Waals surface area contributed by atoms with Crippen molar-refractivity contribution in [2.24, 2.45) is 0 Å². The van der Waals surface area contributed by atoms with E-state index in [1.54, 1.807) is 12.1 Å². The normalized spacial score (nSPS) is 18.2. The van der Waals surface area contributed by atoms with Crippen LogP contribution in [0.4, 0.5) is 10.1 Å². The number of aryl methyl sites for hydroxylation is 1. The molecule has 2 aromatic rings. The van der Waals surface area contributed by atoms with E-state index in [1.165, 1.54) is 28.9 Å². The van der Waals surface area contributed by atoms with Gasteiger partial charge in [-0.1, -0.05) is 18.2 Å². The Hall–Kier alpha value is -2.44. The van der Waals surface area contributed by atoms with Crippen molar-refractivity contribution < 1.29 is 13.9 Å². The summed E-state index contributed by atoms with van der Waals surface area (Å²) in [5.41, 5.74) is 4.22. The van der Waals surface area contributed by atoms with Gasteiger partial charge in [-0.3, -0.25) is 9.69 Å². The number of fused-ring (bicyclic) bond motifs is 1. The molecule has 29 heavy (non-hydrogen) atoms. The largest absolute Gasteiger partial charge is 0.379 e. The number of carbonyl (C=O) groups excluding carboxylic acids is 1. The standard InChI is InChI=1S/C23H28FN3O2/c1-26-9-3-5-17-14-18(7-8-21(17)26)22(27-10-12-29-13-11-27)16-25-23(28)19-4-2-6-20(24)15-19/h2,4,6-8,14-15,22H,3,5,9-13,16H2,1H3,(H,25,28)/t22-/m0/s1. The first-order valence-electron chi connectivity index (χ1n) is 10.3. The molecule has 2 aliphatic heterocycles. The molecule has 4 rings (SSSR count). The minimum absolute atomic E-state index is 0.0638. The summed E-state index contributed by atoms with van der Waals surface area (Å²) in [5.74, 6) is -0.651.